The number of ether oxygens (including phenoxy) is 1. The van der Waals surface area contributed by atoms with Crippen LogP contribution in [-0.2, 0) is 4.74 Å². The molecule has 2 rings (SSSR count). The van der Waals surface area contributed by atoms with E-state index in [1.807, 2.05) is 0 Å². The van der Waals surface area contributed by atoms with E-state index in [4.69, 9.17) is 15.9 Å². The van der Waals surface area contributed by atoms with Crippen LogP contribution in [-0.4, -0.2) is 67.6 Å². The standard InChI is InChI=1S/C12H24N4O/c13-12(14)2-1-4-15-5-3-11(10-15)16-6-8-17-9-7-16/h11H,1-10H2,(H3,13,14). The highest BCUT2D eigenvalue weighted by atomic mass is 16.5. The van der Waals surface area contributed by atoms with E-state index in [-0.39, 0.29) is 0 Å². The number of nitrogens with one attached hydrogen (secondary N) is 1. The second-order valence-electron chi connectivity index (χ2n) is 5.02. The van der Waals surface area contributed by atoms with Crippen molar-refractivity contribution in [1.29, 1.82) is 5.41 Å². The lowest BCUT2D eigenvalue weighted by Gasteiger charge is -2.32. The Morgan fingerprint density at radius 1 is 1.29 bits per heavy atom. The predicted octanol–water partition coefficient (Wildman–Crippen LogP) is 0.109. The number of nitrogens with two attached hydrogens (primary N) is 1. The molecule has 2 fully saturated rings. The Morgan fingerprint density at radius 2 is 2.06 bits per heavy atom. The van der Waals surface area contributed by atoms with Crippen molar-refractivity contribution in [3.8, 4) is 0 Å². The molecule has 3 N–H and O–H groups in total. The molecule has 2 aliphatic heterocycles. The molecular formula is C12H24N4O. The topological polar surface area (TPSA) is 65.6 Å². The molecular weight excluding hydrogens is 216 g/mol. The summed E-state index contributed by atoms with van der Waals surface area (Å²) in [6, 6.07) is 0.719. The molecule has 0 aliphatic carbocycles. The van der Waals surface area contributed by atoms with Gasteiger partial charge in [0.25, 0.3) is 0 Å². The van der Waals surface area contributed by atoms with Gasteiger partial charge in [-0.25, -0.2) is 0 Å². The van der Waals surface area contributed by atoms with Crippen molar-refractivity contribution in [1.82, 2.24) is 9.80 Å². The third-order valence-corrected chi connectivity index (χ3v) is 3.73. The van der Waals surface area contributed by atoms with Crippen LogP contribution in [0, 0.1) is 5.41 Å². The maximum absolute atomic E-state index is 7.21. The molecule has 17 heavy (non-hydrogen) atoms. The van der Waals surface area contributed by atoms with E-state index in [1.54, 1.807) is 0 Å². The van der Waals surface area contributed by atoms with Crippen LogP contribution in [0.5, 0.6) is 0 Å². The second kappa shape index (κ2) is 6.33. The summed E-state index contributed by atoms with van der Waals surface area (Å²) in [7, 11) is 0. The van der Waals surface area contributed by atoms with Crippen LogP contribution in [0.15, 0.2) is 0 Å². The van der Waals surface area contributed by atoms with Crippen LogP contribution >= 0.6 is 0 Å². The van der Waals surface area contributed by atoms with Crippen LogP contribution in [0.2, 0.25) is 0 Å². The number of likely N-dealkylation sites (tertiary alicyclic amines) is 1. The number of morpholine rings is 1. The number of amidine groups is 1. The fourth-order valence-corrected chi connectivity index (χ4v) is 2.75. The zero-order valence-corrected chi connectivity index (χ0v) is 10.5. The van der Waals surface area contributed by atoms with Crippen molar-refractivity contribution in [2.24, 2.45) is 5.73 Å². The van der Waals surface area contributed by atoms with Gasteiger partial charge in [-0.15, -0.1) is 0 Å². The average molecular weight is 240 g/mol. The molecule has 1 unspecified atom stereocenters. The van der Waals surface area contributed by atoms with Crippen LogP contribution in [0.25, 0.3) is 0 Å². The van der Waals surface area contributed by atoms with Gasteiger partial charge in [-0.3, -0.25) is 10.3 Å². The molecule has 5 heteroatoms. The van der Waals surface area contributed by atoms with E-state index in [0.717, 1.165) is 51.7 Å². The summed E-state index contributed by atoms with van der Waals surface area (Å²) in [6.07, 6.45) is 3.03. The first-order valence-corrected chi connectivity index (χ1v) is 6.63. The minimum Gasteiger partial charge on any atom is -0.388 e. The number of hydrogen-bond acceptors (Lipinski definition) is 4. The summed E-state index contributed by atoms with van der Waals surface area (Å²) < 4.78 is 5.38. The molecule has 0 spiro atoms. The van der Waals surface area contributed by atoms with Crippen LogP contribution < -0.4 is 5.73 Å². The number of rotatable bonds is 5. The first-order valence-electron chi connectivity index (χ1n) is 6.63. The zero-order chi connectivity index (χ0) is 12.1. The number of nitrogens with zero attached hydrogens (tertiary/aromatic N) is 2. The highest BCUT2D eigenvalue weighted by Crippen LogP contribution is 2.17. The Bertz CT molecular complexity index is 253. The number of hydrogen-bond donors (Lipinski definition) is 2. The third-order valence-electron chi connectivity index (χ3n) is 3.73. The molecule has 0 aromatic carbocycles. The second-order valence-corrected chi connectivity index (χ2v) is 5.02. The fraction of sp³-hybridized carbons (Fsp3) is 0.917. The molecule has 2 aliphatic rings. The molecule has 98 valence electrons. The molecule has 5 nitrogen and oxygen atoms in total. The normalized spacial score (nSPS) is 27.4. The molecule has 0 aromatic rings. The average Bonchev–Trinajstić information content (AvgIpc) is 2.78. The van der Waals surface area contributed by atoms with Crippen molar-refractivity contribution >= 4 is 5.84 Å². The lowest BCUT2D eigenvalue weighted by Crippen LogP contribution is -2.44. The minimum atomic E-state index is 0.314. The summed E-state index contributed by atoms with van der Waals surface area (Å²) in [5, 5.41) is 7.21. The van der Waals surface area contributed by atoms with E-state index >= 15 is 0 Å². The molecule has 2 heterocycles. The maximum atomic E-state index is 7.21. The molecule has 0 saturated carbocycles. The van der Waals surface area contributed by atoms with Gasteiger partial charge in [-0.05, 0) is 25.9 Å². The van der Waals surface area contributed by atoms with Gasteiger partial charge in [-0.1, -0.05) is 0 Å². The van der Waals surface area contributed by atoms with E-state index in [2.05, 4.69) is 9.80 Å². The van der Waals surface area contributed by atoms with Gasteiger partial charge in [0.2, 0.25) is 0 Å². The SMILES string of the molecule is N=C(N)CCCN1CCC(N2CCOCC2)C1. The third kappa shape index (κ3) is 3.94. The Kier molecular flexibility index (Phi) is 4.76. The van der Waals surface area contributed by atoms with Crippen LogP contribution in [0.1, 0.15) is 19.3 Å². The molecule has 0 aromatic heterocycles. The highest BCUT2D eigenvalue weighted by molar-refractivity contribution is 5.76. The van der Waals surface area contributed by atoms with Gasteiger partial charge in [0.1, 0.15) is 0 Å². The van der Waals surface area contributed by atoms with E-state index in [0.29, 0.717) is 5.84 Å². The molecule has 0 bridgehead atoms. The Hall–Kier alpha value is -0.650. The van der Waals surface area contributed by atoms with Gasteiger partial charge in [0.15, 0.2) is 0 Å². The van der Waals surface area contributed by atoms with E-state index in [9.17, 15) is 0 Å². The lowest BCUT2D eigenvalue weighted by molar-refractivity contribution is 0.0185. The molecule has 0 amide bonds. The Morgan fingerprint density at radius 3 is 2.76 bits per heavy atom. The van der Waals surface area contributed by atoms with Crippen molar-refractivity contribution in [2.75, 3.05) is 45.9 Å². The summed E-state index contributed by atoms with van der Waals surface area (Å²) in [4.78, 5) is 5.07. The molecule has 0 radical (unpaired) electrons. The maximum Gasteiger partial charge on any atom is 0.0905 e. The first kappa shape index (κ1) is 12.8. The Labute approximate surface area is 103 Å². The van der Waals surface area contributed by atoms with Crippen molar-refractivity contribution in [2.45, 2.75) is 25.3 Å². The Balaban J connectivity index is 1.66. The summed E-state index contributed by atoms with van der Waals surface area (Å²) in [5.74, 6) is 0.314. The van der Waals surface area contributed by atoms with Crippen molar-refractivity contribution in [3.63, 3.8) is 0 Å². The van der Waals surface area contributed by atoms with Gasteiger partial charge >= 0.3 is 0 Å². The van der Waals surface area contributed by atoms with Gasteiger partial charge in [0, 0.05) is 32.1 Å². The van der Waals surface area contributed by atoms with Crippen molar-refractivity contribution < 1.29 is 4.74 Å². The monoisotopic (exact) mass is 240 g/mol. The fourth-order valence-electron chi connectivity index (χ4n) is 2.75. The lowest BCUT2D eigenvalue weighted by atomic mass is 10.2. The molecule has 1 atom stereocenters. The largest absolute Gasteiger partial charge is 0.388 e. The van der Waals surface area contributed by atoms with Crippen LogP contribution in [0.3, 0.4) is 0 Å². The quantitative estimate of drug-likeness (QED) is 0.529. The summed E-state index contributed by atoms with van der Waals surface area (Å²) in [5.41, 5.74) is 5.36. The highest BCUT2D eigenvalue weighted by Gasteiger charge is 2.28. The van der Waals surface area contributed by atoms with Crippen molar-refractivity contribution in [3.05, 3.63) is 0 Å². The zero-order valence-electron chi connectivity index (χ0n) is 10.5. The van der Waals surface area contributed by atoms with E-state index < -0.39 is 0 Å². The van der Waals surface area contributed by atoms with Gasteiger partial charge in [0.05, 0.1) is 19.0 Å². The summed E-state index contributed by atoms with van der Waals surface area (Å²) in [6.45, 7) is 7.41. The smallest absolute Gasteiger partial charge is 0.0905 e. The predicted molar refractivity (Wildman–Crippen MR) is 68.4 cm³/mol. The summed E-state index contributed by atoms with van der Waals surface area (Å²) >= 11 is 0. The molecule has 2 saturated heterocycles. The van der Waals surface area contributed by atoms with Crippen LogP contribution in [0.4, 0.5) is 0 Å². The van der Waals surface area contributed by atoms with Gasteiger partial charge < -0.3 is 15.4 Å². The first-order chi connectivity index (χ1) is 8.25. The minimum absolute atomic E-state index is 0.314. The van der Waals surface area contributed by atoms with Gasteiger partial charge in [-0.2, -0.15) is 0 Å². The van der Waals surface area contributed by atoms with E-state index in [1.165, 1.54) is 19.5 Å².